The predicted molar refractivity (Wildman–Crippen MR) is 80.3 cm³/mol. The molecule has 0 aliphatic carbocycles. The predicted octanol–water partition coefficient (Wildman–Crippen LogP) is 2.43. The van der Waals surface area contributed by atoms with Crippen LogP contribution in [-0.2, 0) is 0 Å². The van der Waals surface area contributed by atoms with Gasteiger partial charge in [-0.25, -0.2) is 8.78 Å². The Kier molecular flexibility index (Phi) is 4.31. The molecule has 2 rings (SSSR count). The van der Waals surface area contributed by atoms with Crippen LogP contribution in [0.5, 0.6) is 0 Å². The second-order valence-corrected chi connectivity index (χ2v) is 4.55. The molecule has 2 aromatic carbocycles. The standard InChI is InChI=1S/C16H13F2N3O/c17-10-6-4-9(5-7-10)13(19)8-14(20)11-2-1-3-12(18)15(11)16(21)22/h1-8,20H,19H2,(H2,21,22)/b13-8-,20-14?. The number of benzene rings is 2. The van der Waals surface area contributed by atoms with Gasteiger partial charge in [-0.2, -0.15) is 0 Å². The highest BCUT2D eigenvalue weighted by atomic mass is 19.1. The minimum Gasteiger partial charge on any atom is -0.398 e. The summed E-state index contributed by atoms with van der Waals surface area (Å²) in [5.41, 5.74) is 11.2. The molecule has 5 N–H and O–H groups in total. The average Bonchev–Trinajstić information content (AvgIpc) is 2.47. The fourth-order valence-electron chi connectivity index (χ4n) is 1.96. The van der Waals surface area contributed by atoms with Crippen molar-refractivity contribution in [2.24, 2.45) is 11.5 Å². The van der Waals surface area contributed by atoms with Crippen molar-refractivity contribution in [3.63, 3.8) is 0 Å². The molecule has 2 aromatic rings. The van der Waals surface area contributed by atoms with Crippen LogP contribution < -0.4 is 11.5 Å². The second-order valence-electron chi connectivity index (χ2n) is 4.55. The normalized spacial score (nSPS) is 11.3. The number of primary amides is 1. The van der Waals surface area contributed by atoms with Gasteiger partial charge < -0.3 is 16.9 Å². The monoisotopic (exact) mass is 301 g/mol. The molecule has 0 aliphatic rings. The minimum atomic E-state index is -0.966. The summed E-state index contributed by atoms with van der Waals surface area (Å²) in [5, 5.41) is 7.98. The van der Waals surface area contributed by atoms with E-state index < -0.39 is 17.5 Å². The highest BCUT2D eigenvalue weighted by molar-refractivity contribution is 6.15. The Morgan fingerprint density at radius 2 is 1.68 bits per heavy atom. The van der Waals surface area contributed by atoms with Gasteiger partial charge in [-0.05, 0) is 29.8 Å². The molecule has 0 radical (unpaired) electrons. The maximum atomic E-state index is 13.7. The Balaban J connectivity index is 2.41. The van der Waals surface area contributed by atoms with Gasteiger partial charge in [-0.3, -0.25) is 4.79 Å². The second kappa shape index (κ2) is 6.17. The largest absolute Gasteiger partial charge is 0.398 e. The van der Waals surface area contributed by atoms with E-state index in [0.29, 0.717) is 5.56 Å². The third kappa shape index (κ3) is 3.17. The van der Waals surface area contributed by atoms with Crippen LogP contribution in [0.25, 0.3) is 5.70 Å². The van der Waals surface area contributed by atoms with E-state index in [4.69, 9.17) is 16.9 Å². The molecule has 0 aliphatic heterocycles. The molecule has 22 heavy (non-hydrogen) atoms. The lowest BCUT2D eigenvalue weighted by Crippen LogP contribution is -2.18. The number of hydrogen-bond donors (Lipinski definition) is 3. The van der Waals surface area contributed by atoms with Crippen molar-refractivity contribution in [1.82, 2.24) is 0 Å². The number of allylic oxidation sites excluding steroid dienone is 1. The molecule has 0 heterocycles. The molecule has 0 aromatic heterocycles. The van der Waals surface area contributed by atoms with Crippen molar-refractivity contribution in [3.8, 4) is 0 Å². The molecule has 6 heteroatoms. The number of amides is 1. The van der Waals surface area contributed by atoms with Gasteiger partial charge in [-0.15, -0.1) is 0 Å². The number of carbonyl (C=O) groups excluding carboxylic acids is 1. The van der Waals surface area contributed by atoms with Gasteiger partial charge in [0, 0.05) is 11.3 Å². The zero-order valence-electron chi connectivity index (χ0n) is 11.4. The molecule has 4 nitrogen and oxygen atoms in total. The maximum Gasteiger partial charge on any atom is 0.252 e. The SMILES string of the molecule is N=C(/C=C(\N)c1ccc(F)cc1)c1cccc(F)c1C(N)=O. The van der Waals surface area contributed by atoms with Gasteiger partial charge >= 0.3 is 0 Å². The van der Waals surface area contributed by atoms with Crippen LogP contribution >= 0.6 is 0 Å². The molecule has 0 saturated carbocycles. The zero-order chi connectivity index (χ0) is 16.3. The quantitative estimate of drug-likeness (QED) is 0.757. The number of hydrogen-bond acceptors (Lipinski definition) is 3. The van der Waals surface area contributed by atoms with Crippen molar-refractivity contribution >= 4 is 17.3 Å². The number of carbonyl (C=O) groups is 1. The van der Waals surface area contributed by atoms with Gasteiger partial charge in [0.25, 0.3) is 5.91 Å². The first kappa shape index (κ1) is 15.4. The topological polar surface area (TPSA) is 93.0 Å². The van der Waals surface area contributed by atoms with E-state index in [1.807, 2.05) is 0 Å². The highest BCUT2D eigenvalue weighted by Gasteiger charge is 2.16. The lowest BCUT2D eigenvalue weighted by Gasteiger charge is -2.08. The zero-order valence-corrected chi connectivity index (χ0v) is 11.4. The number of rotatable bonds is 4. The molecule has 0 saturated heterocycles. The van der Waals surface area contributed by atoms with Crippen LogP contribution in [0, 0.1) is 17.0 Å². The highest BCUT2D eigenvalue weighted by Crippen LogP contribution is 2.16. The Labute approximate surface area is 125 Å². The molecule has 1 amide bonds. The summed E-state index contributed by atoms with van der Waals surface area (Å²) in [7, 11) is 0. The molecule has 0 spiro atoms. The average molecular weight is 301 g/mol. The van der Waals surface area contributed by atoms with E-state index in [1.54, 1.807) is 0 Å². The van der Waals surface area contributed by atoms with Crippen LogP contribution in [-0.4, -0.2) is 11.6 Å². The van der Waals surface area contributed by atoms with Crippen molar-refractivity contribution in [3.05, 3.63) is 76.9 Å². The lowest BCUT2D eigenvalue weighted by molar-refractivity contribution is 0.0996. The Morgan fingerprint density at radius 1 is 1.05 bits per heavy atom. The van der Waals surface area contributed by atoms with E-state index in [0.717, 1.165) is 6.07 Å². The van der Waals surface area contributed by atoms with E-state index in [1.165, 1.54) is 42.5 Å². The van der Waals surface area contributed by atoms with Crippen LogP contribution in [0.4, 0.5) is 8.78 Å². The summed E-state index contributed by atoms with van der Waals surface area (Å²) in [6.07, 6.45) is 1.26. The van der Waals surface area contributed by atoms with Gasteiger partial charge in [0.1, 0.15) is 11.6 Å². The summed E-state index contributed by atoms with van der Waals surface area (Å²) < 4.78 is 26.5. The summed E-state index contributed by atoms with van der Waals surface area (Å²) in [4.78, 5) is 11.3. The Bertz CT molecular complexity index is 767. The van der Waals surface area contributed by atoms with Crippen molar-refractivity contribution in [2.45, 2.75) is 0 Å². The fraction of sp³-hybridized carbons (Fsp3) is 0. The first-order valence-corrected chi connectivity index (χ1v) is 6.30. The summed E-state index contributed by atoms with van der Waals surface area (Å²) in [5.74, 6) is -2.18. The van der Waals surface area contributed by atoms with Crippen LogP contribution in [0.1, 0.15) is 21.5 Å². The molecular formula is C16H13F2N3O. The van der Waals surface area contributed by atoms with Gasteiger partial charge in [0.2, 0.25) is 0 Å². The van der Waals surface area contributed by atoms with Gasteiger partial charge in [-0.1, -0.05) is 24.3 Å². The molecule has 112 valence electrons. The van der Waals surface area contributed by atoms with Crippen molar-refractivity contribution in [1.29, 1.82) is 5.41 Å². The molecule has 0 atom stereocenters. The summed E-state index contributed by atoms with van der Waals surface area (Å²) >= 11 is 0. The van der Waals surface area contributed by atoms with E-state index in [9.17, 15) is 13.6 Å². The molecule has 0 bridgehead atoms. The van der Waals surface area contributed by atoms with Crippen molar-refractivity contribution < 1.29 is 13.6 Å². The Morgan fingerprint density at radius 3 is 2.27 bits per heavy atom. The molecule has 0 unspecified atom stereocenters. The number of nitrogens with one attached hydrogen (secondary N) is 1. The van der Waals surface area contributed by atoms with Gasteiger partial charge in [0.05, 0.1) is 11.3 Å². The van der Waals surface area contributed by atoms with E-state index in [-0.39, 0.29) is 22.5 Å². The smallest absolute Gasteiger partial charge is 0.252 e. The van der Waals surface area contributed by atoms with Crippen LogP contribution in [0.2, 0.25) is 0 Å². The van der Waals surface area contributed by atoms with Crippen LogP contribution in [0.3, 0.4) is 0 Å². The third-order valence-corrected chi connectivity index (χ3v) is 3.03. The van der Waals surface area contributed by atoms with E-state index >= 15 is 0 Å². The lowest BCUT2D eigenvalue weighted by atomic mass is 10.00. The Hall–Kier alpha value is -3.02. The minimum absolute atomic E-state index is 0.0394. The maximum absolute atomic E-state index is 13.7. The van der Waals surface area contributed by atoms with E-state index in [2.05, 4.69) is 0 Å². The van der Waals surface area contributed by atoms with Crippen molar-refractivity contribution in [2.75, 3.05) is 0 Å². The summed E-state index contributed by atoms with van der Waals surface area (Å²) in [6, 6.07) is 9.23. The summed E-state index contributed by atoms with van der Waals surface area (Å²) in [6.45, 7) is 0. The molecule has 0 fully saturated rings. The van der Waals surface area contributed by atoms with Gasteiger partial charge in [0.15, 0.2) is 0 Å². The van der Waals surface area contributed by atoms with Crippen LogP contribution in [0.15, 0.2) is 48.5 Å². The first-order chi connectivity index (χ1) is 10.4. The fourth-order valence-corrected chi connectivity index (χ4v) is 1.96. The first-order valence-electron chi connectivity index (χ1n) is 6.30. The third-order valence-electron chi connectivity index (χ3n) is 3.03. The molecular weight excluding hydrogens is 288 g/mol. The number of nitrogens with two attached hydrogens (primary N) is 2. The number of halogens is 2.